The normalized spacial score (nSPS) is 13.6. The second kappa shape index (κ2) is 4.65. The summed E-state index contributed by atoms with van der Waals surface area (Å²) in [6.07, 6.45) is -4.84. The van der Waals surface area contributed by atoms with Gasteiger partial charge in [0.1, 0.15) is 11.9 Å². The van der Waals surface area contributed by atoms with Crippen LogP contribution in [0.25, 0.3) is 0 Å². The topological polar surface area (TPSA) is 38.0 Å². The molecular formula is C12H10F4N2O. The molecule has 7 heteroatoms. The monoisotopic (exact) mass is 274 g/mol. The van der Waals surface area contributed by atoms with Gasteiger partial charge in [-0.1, -0.05) is 12.1 Å². The highest BCUT2D eigenvalue weighted by molar-refractivity contribution is 5.33. The number of aromatic nitrogens is 2. The molecule has 0 bridgehead atoms. The van der Waals surface area contributed by atoms with Crippen LogP contribution in [0.2, 0.25) is 0 Å². The Kier molecular flexibility index (Phi) is 3.32. The fraction of sp³-hybridized carbons (Fsp3) is 0.250. The molecule has 0 spiro atoms. The molecule has 0 saturated carbocycles. The summed E-state index contributed by atoms with van der Waals surface area (Å²) in [4.78, 5) is 0. The molecule has 3 nitrogen and oxygen atoms in total. The SMILES string of the molecule is Cn1ccc(C(O)c2cccc(C(F)(F)F)c2F)n1. The summed E-state index contributed by atoms with van der Waals surface area (Å²) >= 11 is 0. The molecule has 0 saturated heterocycles. The molecule has 2 rings (SSSR count). The van der Waals surface area contributed by atoms with E-state index in [2.05, 4.69) is 5.10 Å². The van der Waals surface area contributed by atoms with Crippen LogP contribution in [0.4, 0.5) is 17.6 Å². The predicted octanol–water partition coefficient (Wildman–Crippen LogP) is 2.66. The molecule has 0 fully saturated rings. The third-order valence-corrected chi connectivity index (χ3v) is 2.64. The minimum absolute atomic E-state index is 0.0840. The number of aryl methyl sites for hydroxylation is 1. The second-order valence-corrected chi connectivity index (χ2v) is 4.02. The van der Waals surface area contributed by atoms with Crippen LogP contribution in [-0.4, -0.2) is 14.9 Å². The molecular weight excluding hydrogens is 264 g/mol. The number of hydrogen-bond acceptors (Lipinski definition) is 2. The van der Waals surface area contributed by atoms with Gasteiger partial charge in [-0.15, -0.1) is 0 Å². The van der Waals surface area contributed by atoms with Crippen molar-refractivity contribution in [3.05, 3.63) is 53.1 Å². The fourth-order valence-electron chi connectivity index (χ4n) is 1.72. The molecule has 0 aliphatic heterocycles. The van der Waals surface area contributed by atoms with Crippen LogP contribution in [0.5, 0.6) is 0 Å². The average molecular weight is 274 g/mol. The van der Waals surface area contributed by atoms with E-state index in [9.17, 15) is 22.7 Å². The van der Waals surface area contributed by atoms with Crippen LogP contribution < -0.4 is 0 Å². The van der Waals surface area contributed by atoms with E-state index >= 15 is 0 Å². The number of benzene rings is 1. The number of aliphatic hydroxyl groups is 1. The molecule has 1 unspecified atom stereocenters. The lowest BCUT2D eigenvalue weighted by Gasteiger charge is -2.14. The van der Waals surface area contributed by atoms with Gasteiger partial charge in [-0.25, -0.2) is 4.39 Å². The molecule has 0 aliphatic rings. The van der Waals surface area contributed by atoms with Crippen molar-refractivity contribution in [1.29, 1.82) is 0 Å². The third kappa shape index (κ3) is 2.60. The lowest BCUT2D eigenvalue weighted by Crippen LogP contribution is -2.12. The minimum atomic E-state index is -4.80. The molecule has 2 aromatic rings. The van der Waals surface area contributed by atoms with Crippen LogP contribution in [0.1, 0.15) is 22.9 Å². The first-order valence-electron chi connectivity index (χ1n) is 5.34. The molecule has 1 aromatic carbocycles. The minimum Gasteiger partial charge on any atom is -0.382 e. The zero-order valence-electron chi connectivity index (χ0n) is 9.82. The van der Waals surface area contributed by atoms with Gasteiger partial charge in [-0.2, -0.15) is 18.3 Å². The van der Waals surface area contributed by atoms with E-state index in [4.69, 9.17) is 0 Å². The first-order valence-corrected chi connectivity index (χ1v) is 5.34. The molecule has 102 valence electrons. The van der Waals surface area contributed by atoms with Gasteiger partial charge in [0.05, 0.1) is 11.3 Å². The summed E-state index contributed by atoms with van der Waals surface area (Å²) in [7, 11) is 1.58. The van der Waals surface area contributed by atoms with E-state index in [1.165, 1.54) is 16.9 Å². The number of halogens is 4. The number of nitrogens with zero attached hydrogens (tertiary/aromatic N) is 2. The molecule has 1 atom stereocenters. The van der Waals surface area contributed by atoms with Crippen molar-refractivity contribution in [2.45, 2.75) is 12.3 Å². The standard InChI is InChI=1S/C12H10F4N2O/c1-18-6-5-9(17-18)11(19)7-3-2-4-8(10(7)13)12(14,15)16/h2-6,11,19H,1H3. The average Bonchev–Trinajstić information content (AvgIpc) is 2.74. The first kappa shape index (κ1) is 13.5. The number of hydrogen-bond donors (Lipinski definition) is 1. The van der Waals surface area contributed by atoms with Gasteiger partial charge < -0.3 is 5.11 Å². The van der Waals surface area contributed by atoms with Gasteiger partial charge in [-0.05, 0) is 12.1 Å². The van der Waals surface area contributed by atoms with E-state index in [0.717, 1.165) is 12.1 Å². The summed E-state index contributed by atoms with van der Waals surface area (Å²) in [5.41, 5.74) is -1.77. The van der Waals surface area contributed by atoms with Crippen LogP contribution in [0, 0.1) is 5.82 Å². The highest BCUT2D eigenvalue weighted by atomic mass is 19.4. The smallest absolute Gasteiger partial charge is 0.382 e. The zero-order valence-corrected chi connectivity index (χ0v) is 9.82. The second-order valence-electron chi connectivity index (χ2n) is 4.02. The Bertz CT molecular complexity index is 592. The van der Waals surface area contributed by atoms with Gasteiger partial charge in [0.2, 0.25) is 0 Å². The molecule has 0 aliphatic carbocycles. The van der Waals surface area contributed by atoms with E-state index < -0.39 is 29.2 Å². The van der Waals surface area contributed by atoms with Gasteiger partial charge in [0.25, 0.3) is 0 Å². The van der Waals surface area contributed by atoms with Crippen molar-refractivity contribution < 1.29 is 22.7 Å². The maximum absolute atomic E-state index is 13.8. The van der Waals surface area contributed by atoms with E-state index in [-0.39, 0.29) is 5.69 Å². The van der Waals surface area contributed by atoms with Crippen molar-refractivity contribution >= 4 is 0 Å². The summed E-state index contributed by atoms with van der Waals surface area (Å²) in [6, 6.07) is 4.19. The van der Waals surface area contributed by atoms with E-state index in [1.54, 1.807) is 7.05 Å². The Morgan fingerprint density at radius 1 is 1.26 bits per heavy atom. The van der Waals surface area contributed by atoms with Gasteiger partial charge in [-0.3, -0.25) is 4.68 Å². The van der Waals surface area contributed by atoms with Crippen LogP contribution in [0.3, 0.4) is 0 Å². The highest BCUT2D eigenvalue weighted by Crippen LogP contribution is 2.34. The molecule has 1 N–H and O–H groups in total. The Balaban J connectivity index is 2.46. The largest absolute Gasteiger partial charge is 0.419 e. The predicted molar refractivity (Wildman–Crippen MR) is 58.7 cm³/mol. The van der Waals surface area contributed by atoms with Crippen molar-refractivity contribution in [2.75, 3.05) is 0 Å². The zero-order chi connectivity index (χ0) is 14.2. The van der Waals surface area contributed by atoms with E-state index in [1.807, 2.05) is 0 Å². The summed E-state index contributed by atoms with van der Waals surface area (Å²) < 4.78 is 52.8. The Morgan fingerprint density at radius 3 is 2.47 bits per heavy atom. The number of alkyl halides is 3. The Hall–Kier alpha value is -1.89. The fourth-order valence-corrected chi connectivity index (χ4v) is 1.72. The number of aliphatic hydroxyl groups excluding tert-OH is 1. The van der Waals surface area contributed by atoms with Crippen LogP contribution in [0.15, 0.2) is 30.5 Å². The van der Waals surface area contributed by atoms with Crippen molar-refractivity contribution in [3.8, 4) is 0 Å². The maximum atomic E-state index is 13.8. The van der Waals surface area contributed by atoms with Gasteiger partial charge in [0.15, 0.2) is 0 Å². The number of rotatable bonds is 2. The lowest BCUT2D eigenvalue weighted by molar-refractivity contribution is -0.140. The van der Waals surface area contributed by atoms with Crippen molar-refractivity contribution in [3.63, 3.8) is 0 Å². The van der Waals surface area contributed by atoms with Crippen LogP contribution >= 0.6 is 0 Å². The third-order valence-electron chi connectivity index (χ3n) is 2.64. The summed E-state index contributed by atoms with van der Waals surface area (Å²) in [5.74, 6) is -1.48. The van der Waals surface area contributed by atoms with Gasteiger partial charge >= 0.3 is 6.18 Å². The molecule has 0 amide bonds. The lowest BCUT2D eigenvalue weighted by atomic mass is 10.0. The summed E-state index contributed by atoms with van der Waals surface area (Å²) in [5, 5.41) is 13.7. The Labute approximate surface area is 106 Å². The highest BCUT2D eigenvalue weighted by Gasteiger charge is 2.35. The summed E-state index contributed by atoms with van der Waals surface area (Å²) in [6.45, 7) is 0. The Morgan fingerprint density at radius 2 is 1.95 bits per heavy atom. The molecule has 1 heterocycles. The maximum Gasteiger partial charge on any atom is 0.419 e. The van der Waals surface area contributed by atoms with Gasteiger partial charge in [0, 0.05) is 18.8 Å². The quantitative estimate of drug-likeness (QED) is 0.855. The van der Waals surface area contributed by atoms with Crippen LogP contribution in [-0.2, 0) is 13.2 Å². The first-order chi connectivity index (χ1) is 8.80. The van der Waals surface area contributed by atoms with E-state index in [0.29, 0.717) is 6.07 Å². The molecule has 0 radical (unpaired) electrons. The molecule has 1 aromatic heterocycles. The molecule has 19 heavy (non-hydrogen) atoms. The van der Waals surface area contributed by atoms with Crippen molar-refractivity contribution in [2.24, 2.45) is 7.05 Å². The van der Waals surface area contributed by atoms with Crippen molar-refractivity contribution in [1.82, 2.24) is 9.78 Å².